The highest BCUT2D eigenvalue weighted by Crippen LogP contribution is 2.23. The highest BCUT2D eigenvalue weighted by Gasteiger charge is 2.23. The molecule has 7 heteroatoms. The van der Waals surface area contributed by atoms with Crippen LogP contribution in [0.1, 0.15) is 22.3 Å². The number of amides is 1. The lowest BCUT2D eigenvalue weighted by atomic mass is 10.1. The van der Waals surface area contributed by atoms with E-state index < -0.39 is 0 Å². The largest absolute Gasteiger partial charge is 0.357 e. The van der Waals surface area contributed by atoms with Crippen LogP contribution < -0.4 is 5.56 Å². The van der Waals surface area contributed by atoms with E-state index in [9.17, 15) is 9.59 Å². The molecule has 0 unspecified atom stereocenters. The number of H-pyrrole nitrogens is 1. The minimum Gasteiger partial charge on any atom is -0.357 e. The van der Waals surface area contributed by atoms with Crippen molar-refractivity contribution in [1.82, 2.24) is 19.4 Å². The zero-order valence-electron chi connectivity index (χ0n) is 16.5. The van der Waals surface area contributed by atoms with E-state index in [1.807, 2.05) is 24.3 Å². The summed E-state index contributed by atoms with van der Waals surface area (Å²) in [6.07, 6.45) is 6.17. The van der Waals surface area contributed by atoms with Gasteiger partial charge in [0.15, 0.2) is 0 Å². The zero-order valence-corrected chi connectivity index (χ0v) is 17.2. The molecule has 0 radical (unpaired) electrons. The molecule has 1 aliphatic rings. The van der Waals surface area contributed by atoms with E-state index in [4.69, 9.17) is 11.6 Å². The van der Waals surface area contributed by atoms with Crippen LogP contribution in [0.2, 0.25) is 5.02 Å². The molecule has 3 heterocycles. The van der Waals surface area contributed by atoms with Crippen LogP contribution in [0.3, 0.4) is 0 Å². The van der Waals surface area contributed by atoms with Crippen molar-refractivity contribution in [2.75, 3.05) is 20.1 Å². The van der Waals surface area contributed by atoms with Crippen molar-refractivity contribution in [3.8, 4) is 0 Å². The maximum Gasteiger partial charge on any atom is 0.274 e. The number of hydrogen-bond acceptors (Lipinski definition) is 3. The second-order valence-corrected chi connectivity index (χ2v) is 7.77. The van der Waals surface area contributed by atoms with Crippen LogP contribution in [0.4, 0.5) is 0 Å². The zero-order chi connectivity index (χ0) is 20.5. The molecule has 4 rings (SSSR count). The first kappa shape index (κ1) is 19.5. The molecule has 0 fully saturated rings. The first-order valence-electron chi connectivity index (χ1n) is 9.55. The lowest BCUT2D eigenvalue weighted by Gasteiger charge is -2.30. The number of pyridine rings is 1. The summed E-state index contributed by atoms with van der Waals surface area (Å²) in [5.74, 6) is -0.115. The van der Waals surface area contributed by atoms with Gasteiger partial charge < -0.3 is 14.5 Å². The number of aryl methyl sites for hydroxylation is 1. The maximum absolute atomic E-state index is 13.2. The van der Waals surface area contributed by atoms with Gasteiger partial charge >= 0.3 is 0 Å². The molecule has 1 aliphatic heterocycles. The summed E-state index contributed by atoms with van der Waals surface area (Å²) in [7, 11) is 3.45. The van der Waals surface area contributed by atoms with Crippen LogP contribution in [0, 0.1) is 0 Å². The number of aromatic nitrogens is 2. The molecule has 0 atom stereocenters. The maximum atomic E-state index is 13.2. The number of aromatic amines is 1. The van der Waals surface area contributed by atoms with Gasteiger partial charge in [0, 0.05) is 68.7 Å². The standard InChI is InChI=1S/C22H23ClN4O2/c1-25-14-18(17-7-10-24-20(17)22(25)29)21(28)26(2)16-8-11-27(12-9-16)13-15-5-3-4-6-19(15)23/h3-8,10,14,24H,9,11-13H2,1-2H3. The molecule has 0 bridgehead atoms. The number of hydrogen-bond donors (Lipinski definition) is 1. The van der Waals surface area contributed by atoms with Crippen LogP contribution in [0.5, 0.6) is 0 Å². The van der Waals surface area contributed by atoms with Crippen molar-refractivity contribution in [1.29, 1.82) is 0 Å². The van der Waals surface area contributed by atoms with Crippen molar-refractivity contribution in [2.45, 2.75) is 13.0 Å². The third kappa shape index (κ3) is 3.73. The Bertz CT molecular complexity index is 1160. The Kier molecular flexibility index (Phi) is 5.30. The number of halogens is 1. The van der Waals surface area contributed by atoms with Gasteiger partial charge in [0.2, 0.25) is 0 Å². The average Bonchev–Trinajstić information content (AvgIpc) is 3.22. The first-order valence-corrected chi connectivity index (χ1v) is 9.93. The molecule has 0 saturated heterocycles. The Morgan fingerprint density at radius 3 is 2.79 bits per heavy atom. The van der Waals surface area contributed by atoms with Gasteiger partial charge in [-0.25, -0.2) is 0 Å². The molecule has 2 aromatic heterocycles. The molecule has 3 aromatic rings. The van der Waals surface area contributed by atoms with Gasteiger partial charge in [-0.1, -0.05) is 35.9 Å². The molecular weight excluding hydrogens is 388 g/mol. The number of fused-ring (bicyclic) bond motifs is 1. The van der Waals surface area contributed by atoms with Gasteiger partial charge in [-0.05, 0) is 17.7 Å². The molecule has 0 aliphatic carbocycles. The monoisotopic (exact) mass is 410 g/mol. The third-order valence-corrected chi connectivity index (χ3v) is 5.85. The van der Waals surface area contributed by atoms with Crippen molar-refractivity contribution < 1.29 is 4.79 Å². The summed E-state index contributed by atoms with van der Waals surface area (Å²) in [5, 5.41) is 1.43. The summed E-state index contributed by atoms with van der Waals surface area (Å²) < 4.78 is 1.44. The Balaban J connectivity index is 1.51. The van der Waals surface area contributed by atoms with Crippen LogP contribution in [-0.4, -0.2) is 45.4 Å². The lowest BCUT2D eigenvalue weighted by Crippen LogP contribution is -2.35. The summed E-state index contributed by atoms with van der Waals surface area (Å²) in [4.78, 5) is 32.3. The Labute approximate surface area is 174 Å². The van der Waals surface area contributed by atoms with Crippen LogP contribution >= 0.6 is 11.6 Å². The Morgan fingerprint density at radius 1 is 1.28 bits per heavy atom. The SMILES string of the molecule is CN(C(=O)c1cn(C)c(=O)c2[nH]ccc12)C1=CCN(Cc2ccccc2Cl)CC1. The van der Waals surface area contributed by atoms with Gasteiger partial charge in [-0.2, -0.15) is 0 Å². The Hall–Kier alpha value is -2.83. The number of carbonyl (C=O) groups is 1. The van der Waals surface area contributed by atoms with E-state index in [2.05, 4.69) is 16.0 Å². The van der Waals surface area contributed by atoms with Gasteiger partial charge in [-0.3, -0.25) is 14.5 Å². The van der Waals surface area contributed by atoms with Crippen molar-refractivity contribution in [3.63, 3.8) is 0 Å². The Morgan fingerprint density at radius 2 is 2.07 bits per heavy atom. The fourth-order valence-electron chi connectivity index (χ4n) is 3.77. The predicted molar refractivity (Wildman–Crippen MR) is 115 cm³/mol. The average molecular weight is 411 g/mol. The van der Waals surface area contributed by atoms with Gasteiger partial charge in [0.1, 0.15) is 5.52 Å². The number of nitrogens with zero attached hydrogens (tertiary/aromatic N) is 3. The summed E-state index contributed by atoms with van der Waals surface area (Å²) in [5.41, 5.74) is 2.93. The fraction of sp³-hybridized carbons (Fsp3) is 0.273. The first-order chi connectivity index (χ1) is 14.0. The van der Waals surface area contributed by atoms with Crippen LogP contribution in [-0.2, 0) is 13.6 Å². The predicted octanol–water partition coefficient (Wildman–Crippen LogP) is 3.38. The minimum atomic E-state index is -0.142. The van der Waals surface area contributed by atoms with Crippen molar-refractivity contribution in [2.24, 2.45) is 7.05 Å². The second kappa shape index (κ2) is 7.89. The highest BCUT2D eigenvalue weighted by molar-refractivity contribution is 6.31. The summed E-state index contributed by atoms with van der Waals surface area (Å²) in [6, 6.07) is 9.65. The van der Waals surface area contributed by atoms with E-state index >= 15 is 0 Å². The lowest BCUT2D eigenvalue weighted by molar-refractivity contribution is 0.0826. The number of nitrogens with one attached hydrogen (secondary N) is 1. The third-order valence-electron chi connectivity index (χ3n) is 5.48. The van der Waals surface area contributed by atoms with Gasteiger partial charge in [0.05, 0.1) is 5.56 Å². The number of benzene rings is 1. The number of rotatable bonds is 4. The topological polar surface area (TPSA) is 61.3 Å². The molecule has 1 N–H and O–H groups in total. The van der Waals surface area contributed by atoms with E-state index in [1.54, 1.807) is 37.5 Å². The molecule has 29 heavy (non-hydrogen) atoms. The normalized spacial score (nSPS) is 14.8. The molecular formula is C22H23ClN4O2. The molecule has 150 valence electrons. The van der Waals surface area contributed by atoms with E-state index in [0.717, 1.165) is 42.3 Å². The quantitative estimate of drug-likeness (QED) is 0.717. The molecule has 0 saturated carbocycles. The second-order valence-electron chi connectivity index (χ2n) is 7.36. The van der Waals surface area contributed by atoms with E-state index in [-0.39, 0.29) is 11.5 Å². The molecule has 0 spiro atoms. The smallest absolute Gasteiger partial charge is 0.274 e. The molecule has 6 nitrogen and oxygen atoms in total. The molecule has 1 aromatic carbocycles. The number of carbonyl (C=O) groups excluding carboxylic acids is 1. The molecule has 1 amide bonds. The van der Waals surface area contributed by atoms with Crippen LogP contribution in [0.15, 0.2) is 59.3 Å². The summed E-state index contributed by atoms with van der Waals surface area (Å²) >= 11 is 6.27. The fourth-order valence-corrected chi connectivity index (χ4v) is 3.96. The van der Waals surface area contributed by atoms with E-state index in [0.29, 0.717) is 16.5 Å². The van der Waals surface area contributed by atoms with Crippen molar-refractivity contribution in [3.05, 3.63) is 81.0 Å². The van der Waals surface area contributed by atoms with Crippen molar-refractivity contribution >= 4 is 28.4 Å². The highest BCUT2D eigenvalue weighted by atomic mass is 35.5. The van der Waals surface area contributed by atoms with Crippen LogP contribution in [0.25, 0.3) is 10.9 Å². The summed E-state index contributed by atoms with van der Waals surface area (Å²) in [6.45, 7) is 2.39. The van der Waals surface area contributed by atoms with Gasteiger partial charge in [0.25, 0.3) is 11.5 Å². The van der Waals surface area contributed by atoms with E-state index in [1.165, 1.54) is 4.57 Å². The van der Waals surface area contributed by atoms with Gasteiger partial charge in [-0.15, -0.1) is 0 Å². The minimum absolute atomic E-state index is 0.115.